The van der Waals surface area contributed by atoms with Gasteiger partial charge < -0.3 is 9.84 Å². The molecular weight excluding hydrogens is 279 g/mol. The zero-order valence-corrected chi connectivity index (χ0v) is 11.9. The minimum Gasteiger partial charge on any atom is -0.496 e. The van der Waals surface area contributed by atoms with Crippen molar-refractivity contribution in [3.63, 3.8) is 0 Å². The Kier molecular flexibility index (Phi) is 4.99. The van der Waals surface area contributed by atoms with Crippen molar-refractivity contribution in [3.05, 3.63) is 64.4 Å². The van der Waals surface area contributed by atoms with Gasteiger partial charge in [0.2, 0.25) is 0 Å². The summed E-state index contributed by atoms with van der Waals surface area (Å²) in [4.78, 5) is 0. The Labute approximate surface area is 122 Å². The molecule has 0 heterocycles. The number of methoxy groups -OCH3 is 1. The van der Waals surface area contributed by atoms with E-state index >= 15 is 0 Å². The van der Waals surface area contributed by atoms with Crippen LogP contribution in [-0.4, -0.2) is 18.3 Å². The second-order valence-electron chi connectivity index (χ2n) is 4.57. The van der Waals surface area contributed by atoms with E-state index in [4.69, 9.17) is 16.3 Å². The zero-order chi connectivity index (χ0) is 14.5. The van der Waals surface area contributed by atoms with Crippen LogP contribution < -0.4 is 4.74 Å². The molecule has 1 atom stereocenters. The van der Waals surface area contributed by atoms with Crippen LogP contribution in [0, 0.1) is 5.82 Å². The first kappa shape index (κ1) is 14.8. The molecule has 0 radical (unpaired) electrons. The molecule has 0 bridgehead atoms. The smallest absolute Gasteiger partial charge is 0.127 e. The maximum atomic E-state index is 13.7. The van der Waals surface area contributed by atoms with Crippen molar-refractivity contribution in [1.82, 2.24) is 0 Å². The standard InChI is InChI=1S/C16H16ClFO2/c1-20-16-8-3-2-5-11(16)9-12(19)10-13-14(17)6-4-7-15(13)18/h2-8,12,19H,9-10H2,1H3. The van der Waals surface area contributed by atoms with Crippen molar-refractivity contribution >= 4 is 11.6 Å². The fraction of sp³-hybridized carbons (Fsp3) is 0.250. The Bertz CT molecular complexity index is 566. The van der Waals surface area contributed by atoms with E-state index in [0.29, 0.717) is 22.8 Å². The van der Waals surface area contributed by atoms with Gasteiger partial charge in [0.15, 0.2) is 0 Å². The van der Waals surface area contributed by atoms with Gasteiger partial charge in [-0.2, -0.15) is 0 Å². The lowest BCUT2D eigenvalue weighted by Crippen LogP contribution is -2.15. The maximum absolute atomic E-state index is 13.7. The first-order chi connectivity index (χ1) is 9.61. The van der Waals surface area contributed by atoms with Crippen molar-refractivity contribution < 1.29 is 14.2 Å². The van der Waals surface area contributed by atoms with Crippen molar-refractivity contribution in [3.8, 4) is 5.75 Å². The van der Waals surface area contributed by atoms with Crippen LogP contribution in [0.15, 0.2) is 42.5 Å². The molecule has 2 rings (SSSR count). The lowest BCUT2D eigenvalue weighted by atomic mass is 10.0. The first-order valence-electron chi connectivity index (χ1n) is 6.34. The first-order valence-corrected chi connectivity index (χ1v) is 6.72. The molecule has 0 saturated carbocycles. The third-order valence-corrected chi connectivity index (χ3v) is 3.50. The van der Waals surface area contributed by atoms with E-state index in [0.717, 1.165) is 5.56 Å². The van der Waals surface area contributed by atoms with Crippen molar-refractivity contribution in [1.29, 1.82) is 0 Å². The van der Waals surface area contributed by atoms with E-state index in [1.807, 2.05) is 24.3 Å². The molecule has 1 N–H and O–H groups in total. The Morgan fingerprint density at radius 1 is 1.15 bits per heavy atom. The number of para-hydroxylation sites is 1. The molecule has 0 aliphatic heterocycles. The minimum atomic E-state index is -0.722. The van der Waals surface area contributed by atoms with Gasteiger partial charge in [-0.3, -0.25) is 0 Å². The van der Waals surface area contributed by atoms with Crippen molar-refractivity contribution in [2.75, 3.05) is 7.11 Å². The summed E-state index contributed by atoms with van der Waals surface area (Å²) in [6.07, 6.45) is -0.168. The van der Waals surface area contributed by atoms with Crippen LogP contribution in [0.1, 0.15) is 11.1 Å². The average molecular weight is 295 g/mol. The van der Waals surface area contributed by atoms with Gasteiger partial charge in [0.25, 0.3) is 0 Å². The molecule has 106 valence electrons. The Balaban J connectivity index is 2.11. The molecule has 4 heteroatoms. The lowest BCUT2D eigenvalue weighted by Gasteiger charge is -2.14. The predicted molar refractivity (Wildman–Crippen MR) is 77.8 cm³/mol. The van der Waals surface area contributed by atoms with Crippen LogP contribution in [0.3, 0.4) is 0 Å². The normalized spacial score (nSPS) is 12.2. The quantitative estimate of drug-likeness (QED) is 0.912. The van der Waals surface area contributed by atoms with Gasteiger partial charge in [-0.25, -0.2) is 4.39 Å². The second-order valence-corrected chi connectivity index (χ2v) is 4.98. The molecule has 2 aromatic rings. The Morgan fingerprint density at radius 3 is 2.60 bits per heavy atom. The van der Waals surface area contributed by atoms with Crippen molar-refractivity contribution in [2.24, 2.45) is 0 Å². The average Bonchev–Trinajstić information content (AvgIpc) is 2.44. The number of hydrogen-bond donors (Lipinski definition) is 1. The minimum absolute atomic E-state index is 0.170. The van der Waals surface area contributed by atoms with Gasteiger partial charge >= 0.3 is 0 Å². The summed E-state index contributed by atoms with van der Waals surface area (Å²) < 4.78 is 18.9. The van der Waals surface area contributed by atoms with E-state index in [1.54, 1.807) is 19.2 Å². The van der Waals surface area contributed by atoms with Crippen molar-refractivity contribution in [2.45, 2.75) is 18.9 Å². The summed E-state index contributed by atoms with van der Waals surface area (Å²) >= 11 is 5.96. The van der Waals surface area contributed by atoms with E-state index < -0.39 is 11.9 Å². The number of ether oxygens (including phenoxy) is 1. The highest BCUT2D eigenvalue weighted by molar-refractivity contribution is 6.31. The van der Waals surface area contributed by atoms with Crippen LogP contribution in [0.5, 0.6) is 5.75 Å². The summed E-state index contributed by atoms with van der Waals surface area (Å²) in [5.41, 5.74) is 1.23. The van der Waals surface area contributed by atoms with Gasteiger partial charge in [-0.15, -0.1) is 0 Å². The molecule has 0 spiro atoms. The van der Waals surface area contributed by atoms with Gasteiger partial charge in [0.1, 0.15) is 11.6 Å². The highest BCUT2D eigenvalue weighted by Gasteiger charge is 2.15. The van der Waals surface area contributed by atoms with Crippen LogP contribution in [-0.2, 0) is 12.8 Å². The molecule has 0 saturated heterocycles. The highest BCUT2D eigenvalue weighted by atomic mass is 35.5. The molecule has 0 aromatic heterocycles. The second kappa shape index (κ2) is 6.73. The van der Waals surface area contributed by atoms with Crippen LogP contribution in [0.25, 0.3) is 0 Å². The van der Waals surface area contributed by atoms with Crippen LogP contribution in [0.2, 0.25) is 5.02 Å². The number of halogens is 2. The number of benzene rings is 2. The van der Waals surface area contributed by atoms with E-state index in [-0.39, 0.29) is 6.42 Å². The number of hydrogen-bond acceptors (Lipinski definition) is 2. The SMILES string of the molecule is COc1ccccc1CC(O)Cc1c(F)cccc1Cl. The largest absolute Gasteiger partial charge is 0.496 e. The monoisotopic (exact) mass is 294 g/mol. The molecule has 2 nitrogen and oxygen atoms in total. The maximum Gasteiger partial charge on any atom is 0.127 e. The molecule has 20 heavy (non-hydrogen) atoms. The summed E-state index contributed by atoms with van der Waals surface area (Å²) in [6.45, 7) is 0. The molecular formula is C16H16ClFO2. The lowest BCUT2D eigenvalue weighted by molar-refractivity contribution is 0.173. The molecule has 0 aliphatic rings. The number of aliphatic hydroxyl groups is 1. The molecule has 1 unspecified atom stereocenters. The molecule has 2 aromatic carbocycles. The summed E-state index contributed by atoms with van der Waals surface area (Å²) in [7, 11) is 1.58. The Hall–Kier alpha value is -1.58. The summed E-state index contributed by atoms with van der Waals surface area (Å²) in [5.74, 6) is 0.322. The highest BCUT2D eigenvalue weighted by Crippen LogP contribution is 2.24. The van der Waals surface area contributed by atoms with Gasteiger partial charge in [-0.1, -0.05) is 35.9 Å². The Morgan fingerprint density at radius 2 is 1.90 bits per heavy atom. The topological polar surface area (TPSA) is 29.5 Å². The number of rotatable bonds is 5. The van der Waals surface area contributed by atoms with Crippen LogP contribution in [0.4, 0.5) is 4.39 Å². The fourth-order valence-corrected chi connectivity index (χ4v) is 2.40. The fourth-order valence-electron chi connectivity index (χ4n) is 2.16. The van der Waals surface area contributed by atoms with Gasteiger partial charge in [-0.05, 0) is 23.8 Å². The van der Waals surface area contributed by atoms with Gasteiger partial charge in [0, 0.05) is 23.4 Å². The summed E-state index contributed by atoms with van der Waals surface area (Å²) in [5, 5.41) is 10.5. The van der Waals surface area contributed by atoms with E-state index in [2.05, 4.69) is 0 Å². The van der Waals surface area contributed by atoms with Crippen LogP contribution >= 0.6 is 11.6 Å². The van der Waals surface area contributed by atoms with Gasteiger partial charge in [0.05, 0.1) is 13.2 Å². The molecule has 0 fully saturated rings. The third kappa shape index (κ3) is 3.50. The molecule has 0 aliphatic carbocycles. The molecule has 0 amide bonds. The predicted octanol–water partition coefficient (Wildman–Crippen LogP) is 3.63. The van der Waals surface area contributed by atoms with E-state index in [9.17, 15) is 9.50 Å². The third-order valence-electron chi connectivity index (χ3n) is 3.15. The number of aliphatic hydroxyl groups excluding tert-OH is 1. The van der Waals surface area contributed by atoms with E-state index in [1.165, 1.54) is 6.07 Å². The summed E-state index contributed by atoms with van der Waals surface area (Å²) in [6, 6.07) is 12.0. The zero-order valence-electron chi connectivity index (χ0n) is 11.1.